The van der Waals surface area contributed by atoms with Gasteiger partial charge in [0.25, 0.3) is 5.91 Å². The lowest BCUT2D eigenvalue weighted by Gasteiger charge is -2.12. The number of fused-ring (bicyclic) bond motifs is 1. The van der Waals surface area contributed by atoms with Crippen LogP contribution in [0, 0.1) is 10.1 Å². The van der Waals surface area contributed by atoms with Gasteiger partial charge in [-0.15, -0.1) is 0 Å². The van der Waals surface area contributed by atoms with E-state index in [1.54, 1.807) is 6.92 Å². The summed E-state index contributed by atoms with van der Waals surface area (Å²) < 4.78 is 11.0. The Kier molecular flexibility index (Phi) is 5.09. The monoisotopic (exact) mass is 374 g/mol. The summed E-state index contributed by atoms with van der Waals surface area (Å²) in [7, 11) is 0. The van der Waals surface area contributed by atoms with Gasteiger partial charge in [0.2, 0.25) is 0 Å². The largest absolute Gasteiger partial charge is 0.477 e. The first-order valence-corrected chi connectivity index (χ1v) is 8.16. The number of carbonyl (C=O) groups excluding carboxylic acids is 1. The van der Waals surface area contributed by atoms with Crippen molar-refractivity contribution in [1.29, 1.82) is 0 Å². The second-order valence-electron chi connectivity index (χ2n) is 5.63. The van der Waals surface area contributed by atoms with Crippen molar-refractivity contribution < 1.29 is 18.9 Å². The van der Waals surface area contributed by atoms with Gasteiger partial charge >= 0.3 is 5.69 Å². The Hall–Kier alpha value is -3.06. The third-order valence-corrected chi connectivity index (χ3v) is 3.96. The Morgan fingerprint density at radius 3 is 2.81 bits per heavy atom. The SMILES string of the molecule is C[C@H](NC(=O)COc1ccc(Cl)cc1[N+](=O)[O-])c1cc2ccccc2o1. The van der Waals surface area contributed by atoms with E-state index in [0.29, 0.717) is 5.76 Å². The quantitative estimate of drug-likeness (QED) is 0.514. The molecule has 0 aliphatic heterocycles. The van der Waals surface area contributed by atoms with Crippen molar-refractivity contribution in [2.75, 3.05) is 6.61 Å². The minimum atomic E-state index is -0.615. The van der Waals surface area contributed by atoms with Crippen LogP contribution in [0.2, 0.25) is 5.02 Å². The first-order chi connectivity index (χ1) is 12.4. The van der Waals surface area contributed by atoms with Crippen LogP contribution >= 0.6 is 11.6 Å². The maximum Gasteiger partial charge on any atom is 0.312 e. The van der Waals surface area contributed by atoms with E-state index >= 15 is 0 Å². The zero-order chi connectivity index (χ0) is 18.7. The summed E-state index contributed by atoms with van der Waals surface area (Å²) >= 11 is 5.74. The lowest BCUT2D eigenvalue weighted by atomic mass is 10.2. The summed E-state index contributed by atoms with van der Waals surface area (Å²) in [5, 5.41) is 14.9. The molecule has 0 aliphatic rings. The Labute approximate surface area is 153 Å². The number of nitrogens with one attached hydrogen (secondary N) is 1. The van der Waals surface area contributed by atoms with Gasteiger partial charge in [0.05, 0.1) is 11.0 Å². The van der Waals surface area contributed by atoms with Gasteiger partial charge in [-0.25, -0.2) is 0 Å². The molecule has 1 atom stereocenters. The molecule has 1 aromatic heterocycles. The van der Waals surface area contributed by atoms with Crippen LogP contribution in [-0.4, -0.2) is 17.4 Å². The number of hydrogen-bond donors (Lipinski definition) is 1. The van der Waals surface area contributed by atoms with Crippen LogP contribution in [0.5, 0.6) is 5.75 Å². The number of amides is 1. The summed E-state index contributed by atoms with van der Waals surface area (Å²) in [5.74, 6) is 0.158. The van der Waals surface area contributed by atoms with Crippen molar-refractivity contribution >= 4 is 34.2 Å². The Morgan fingerprint density at radius 1 is 1.31 bits per heavy atom. The topological polar surface area (TPSA) is 94.6 Å². The van der Waals surface area contributed by atoms with E-state index in [1.165, 1.54) is 18.2 Å². The van der Waals surface area contributed by atoms with E-state index in [1.807, 2.05) is 30.3 Å². The van der Waals surface area contributed by atoms with Gasteiger partial charge in [-0.2, -0.15) is 0 Å². The summed E-state index contributed by atoms with van der Waals surface area (Å²) in [6.07, 6.45) is 0. The molecule has 0 radical (unpaired) electrons. The van der Waals surface area contributed by atoms with Gasteiger partial charge in [0, 0.05) is 16.5 Å². The highest BCUT2D eigenvalue weighted by atomic mass is 35.5. The van der Waals surface area contributed by atoms with E-state index < -0.39 is 10.8 Å². The maximum absolute atomic E-state index is 12.1. The number of benzene rings is 2. The minimum Gasteiger partial charge on any atom is -0.477 e. The Balaban J connectivity index is 1.63. The molecule has 1 N–H and O–H groups in total. The fourth-order valence-corrected chi connectivity index (χ4v) is 2.63. The van der Waals surface area contributed by atoms with Gasteiger partial charge in [-0.1, -0.05) is 29.8 Å². The molecule has 3 rings (SSSR count). The van der Waals surface area contributed by atoms with Crippen LogP contribution in [0.3, 0.4) is 0 Å². The average molecular weight is 375 g/mol. The highest BCUT2D eigenvalue weighted by Crippen LogP contribution is 2.30. The molecule has 2 aromatic carbocycles. The molecule has 0 saturated carbocycles. The molecule has 0 aliphatic carbocycles. The van der Waals surface area contributed by atoms with Gasteiger partial charge in [0.15, 0.2) is 12.4 Å². The number of nitro benzene ring substituents is 1. The molecule has 3 aromatic rings. The number of furan rings is 1. The summed E-state index contributed by atoms with van der Waals surface area (Å²) in [4.78, 5) is 22.5. The fraction of sp³-hybridized carbons (Fsp3) is 0.167. The number of para-hydroxylation sites is 1. The zero-order valence-electron chi connectivity index (χ0n) is 13.8. The summed E-state index contributed by atoms with van der Waals surface area (Å²) in [5.41, 5.74) is 0.437. The molecule has 134 valence electrons. The molecule has 8 heteroatoms. The second kappa shape index (κ2) is 7.45. The molecule has 7 nitrogen and oxygen atoms in total. The molecular weight excluding hydrogens is 360 g/mol. The number of ether oxygens (including phenoxy) is 1. The molecule has 1 amide bonds. The van der Waals surface area contributed by atoms with Crippen molar-refractivity contribution in [3.05, 3.63) is 69.4 Å². The van der Waals surface area contributed by atoms with Gasteiger partial charge in [-0.3, -0.25) is 14.9 Å². The van der Waals surface area contributed by atoms with Gasteiger partial charge in [0.1, 0.15) is 11.3 Å². The lowest BCUT2D eigenvalue weighted by molar-refractivity contribution is -0.385. The maximum atomic E-state index is 12.1. The van der Waals surface area contributed by atoms with Gasteiger partial charge < -0.3 is 14.5 Å². The van der Waals surface area contributed by atoms with E-state index in [9.17, 15) is 14.9 Å². The van der Waals surface area contributed by atoms with Crippen molar-refractivity contribution in [2.45, 2.75) is 13.0 Å². The van der Waals surface area contributed by atoms with E-state index in [2.05, 4.69) is 5.32 Å². The van der Waals surface area contributed by atoms with E-state index in [0.717, 1.165) is 11.0 Å². The highest BCUT2D eigenvalue weighted by molar-refractivity contribution is 6.30. The predicted octanol–water partition coefficient (Wildman–Crippen LogP) is 4.25. The normalized spacial score (nSPS) is 11.9. The molecule has 0 unspecified atom stereocenters. The molecular formula is C18H15ClN2O5. The van der Waals surface area contributed by atoms with Crippen molar-refractivity contribution in [3.63, 3.8) is 0 Å². The Bertz CT molecular complexity index is 936. The van der Waals surface area contributed by atoms with Crippen LogP contribution in [0.15, 0.2) is 52.9 Å². The van der Waals surface area contributed by atoms with Crippen molar-refractivity contribution in [1.82, 2.24) is 5.32 Å². The fourth-order valence-electron chi connectivity index (χ4n) is 2.47. The summed E-state index contributed by atoms with van der Waals surface area (Å²) in [6.45, 7) is 1.41. The molecule has 0 spiro atoms. The van der Waals surface area contributed by atoms with E-state index in [-0.39, 0.29) is 29.1 Å². The molecule has 26 heavy (non-hydrogen) atoms. The number of halogens is 1. The van der Waals surface area contributed by atoms with Crippen molar-refractivity contribution in [2.24, 2.45) is 0 Å². The number of nitrogens with zero attached hydrogens (tertiary/aromatic N) is 1. The summed E-state index contributed by atoms with van der Waals surface area (Å²) in [6, 6.07) is 13.0. The minimum absolute atomic E-state index is 0.0223. The number of rotatable bonds is 6. The van der Waals surface area contributed by atoms with Crippen molar-refractivity contribution in [3.8, 4) is 5.75 Å². The number of hydrogen-bond acceptors (Lipinski definition) is 5. The molecule has 1 heterocycles. The lowest BCUT2D eigenvalue weighted by Crippen LogP contribution is -2.31. The van der Waals surface area contributed by atoms with Crippen LogP contribution in [0.1, 0.15) is 18.7 Å². The van der Waals surface area contributed by atoms with Crippen LogP contribution in [0.4, 0.5) is 5.69 Å². The standard InChI is InChI=1S/C18H15ClN2O5/c1-11(17-8-12-4-2-3-5-15(12)26-17)20-18(22)10-25-16-7-6-13(19)9-14(16)21(23)24/h2-9,11H,10H2,1H3,(H,20,22)/t11-/m0/s1. The number of carbonyl (C=O) groups is 1. The average Bonchev–Trinajstić information content (AvgIpc) is 3.05. The zero-order valence-corrected chi connectivity index (χ0v) is 14.5. The molecule has 0 fully saturated rings. The highest BCUT2D eigenvalue weighted by Gasteiger charge is 2.18. The molecule has 0 bridgehead atoms. The second-order valence-corrected chi connectivity index (χ2v) is 6.07. The van der Waals surface area contributed by atoms with Gasteiger partial charge in [-0.05, 0) is 31.2 Å². The third-order valence-electron chi connectivity index (χ3n) is 3.73. The number of nitro groups is 1. The van der Waals surface area contributed by atoms with E-state index in [4.69, 9.17) is 20.8 Å². The predicted molar refractivity (Wildman–Crippen MR) is 96.4 cm³/mol. The first kappa shape index (κ1) is 17.8. The van der Waals surface area contributed by atoms with Crippen LogP contribution in [0.25, 0.3) is 11.0 Å². The van der Waals surface area contributed by atoms with Crippen LogP contribution in [-0.2, 0) is 4.79 Å². The third kappa shape index (κ3) is 3.94. The Morgan fingerprint density at radius 2 is 2.08 bits per heavy atom. The van der Waals surface area contributed by atoms with Crippen LogP contribution < -0.4 is 10.1 Å². The first-order valence-electron chi connectivity index (χ1n) is 7.78. The smallest absolute Gasteiger partial charge is 0.312 e. The molecule has 0 saturated heterocycles.